The fourth-order valence-electron chi connectivity index (χ4n) is 7.82. The van der Waals surface area contributed by atoms with Gasteiger partial charge in [0, 0.05) is 73.8 Å². The van der Waals surface area contributed by atoms with Crippen molar-refractivity contribution in [3.05, 3.63) is 59.7 Å². The summed E-state index contributed by atoms with van der Waals surface area (Å²) in [6.07, 6.45) is 2.61. The number of aryl methyl sites for hydroxylation is 1. The lowest BCUT2D eigenvalue weighted by Crippen LogP contribution is -2.58. The van der Waals surface area contributed by atoms with Gasteiger partial charge in [-0.1, -0.05) is 20.3 Å². The maximum absolute atomic E-state index is 14.2. The van der Waals surface area contributed by atoms with E-state index in [2.05, 4.69) is 15.1 Å². The number of ether oxygens (including phenoxy) is 1. The van der Waals surface area contributed by atoms with E-state index in [-0.39, 0.29) is 59.9 Å². The number of nitrogens with zero attached hydrogens (tertiary/aromatic N) is 6. The minimum atomic E-state index is -4.99. The van der Waals surface area contributed by atoms with Gasteiger partial charge in [-0.25, -0.2) is 9.97 Å². The number of amides is 1. The molecule has 1 amide bonds. The molecular weight excluding hydrogens is 690 g/mol. The fraction of sp³-hybridized carbons (Fsp3) is 0.595. The lowest BCUT2D eigenvalue weighted by molar-refractivity contribution is -0.146. The van der Waals surface area contributed by atoms with Crippen molar-refractivity contribution < 1.29 is 40.7 Å². The number of piperidine rings is 1. The van der Waals surface area contributed by atoms with Crippen molar-refractivity contribution in [2.45, 2.75) is 115 Å². The molecular formula is C37H46F6N6O3. The van der Waals surface area contributed by atoms with Crippen LogP contribution in [-0.2, 0) is 40.3 Å². The number of carbonyl (C=O) groups is 2. The Kier molecular flexibility index (Phi) is 12.2. The summed E-state index contributed by atoms with van der Waals surface area (Å²) in [7, 11) is 3.12. The number of hydrogen-bond donors (Lipinski definition) is 0. The SMILES string of the molecule is CCC[C@H]1C[C@@H](N(Cc2cc(C(F)(F)F)cc(C(F)(F)F)c2)c2ncc(-c3cnn(C)c3)cn2)C[C@@H](CC)N1C(=O)C1CCC(CC(=O)OC)CC1. The molecule has 0 spiro atoms. The van der Waals surface area contributed by atoms with E-state index in [0.717, 1.165) is 37.0 Å². The normalized spacial score (nSPS) is 22.7. The molecule has 2 aliphatic rings. The van der Waals surface area contributed by atoms with Crippen molar-refractivity contribution in [3.8, 4) is 11.1 Å². The number of rotatable bonds is 11. The Bertz CT molecular complexity index is 1640. The molecule has 1 saturated heterocycles. The topological polar surface area (TPSA) is 93.5 Å². The average Bonchev–Trinajstić information content (AvgIpc) is 3.55. The second-order valence-corrected chi connectivity index (χ2v) is 14.1. The molecule has 0 radical (unpaired) electrons. The molecule has 2 aromatic heterocycles. The van der Waals surface area contributed by atoms with Gasteiger partial charge >= 0.3 is 18.3 Å². The van der Waals surface area contributed by atoms with Crippen LogP contribution in [0.2, 0.25) is 0 Å². The summed E-state index contributed by atoms with van der Waals surface area (Å²) in [5.74, 6) is -0.0495. The van der Waals surface area contributed by atoms with Crippen molar-refractivity contribution in [2.24, 2.45) is 18.9 Å². The number of alkyl halides is 6. The number of anilines is 1. The van der Waals surface area contributed by atoms with E-state index < -0.39 is 29.5 Å². The maximum atomic E-state index is 14.2. The van der Waals surface area contributed by atoms with Crippen LogP contribution in [0.25, 0.3) is 11.1 Å². The first-order valence-corrected chi connectivity index (χ1v) is 17.9. The van der Waals surface area contributed by atoms with Gasteiger partial charge in [-0.15, -0.1) is 0 Å². The monoisotopic (exact) mass is 736 g/mol. The Hall–Kier alpha value is -4.17. The van der Waals surface area contributed by atoms with Crippen LogP contribution in [0.1, 0.15) is 94.7 Å². The molecule has 0 N–H and O–H groups in total. The quantitative estimate of drug-likeness (QED) is 0.145. The van der Waals surface area contributed by atoms with Gasteiger partial charge in [0.2, 0.25) is 11.9 Å². The van der Waals surface area contributed by atoms with E-state index in [1.165, 1.54) is 7.11 Å². The Labute approximate surface area is 299 Å². The molecule has 0 bridgehead atoms. The number of halogens is 6. The zero-order chi connectivity index (χ0) is 37.8. The largest absolute Gasteiger partial charge is 0.469 e. The summed E-state index contributed by atoms with van der Waals surface area (Å²) in [5, 5.41) is 4.17. The van der Waals surface area contributed by atoms with Gasteiger partial charge in [-0.3, -0.25) is 14.3 Å². The number of hydrogen-bond acceptors (Lipinski definition) is 7. The van der Waals surface area contributed by atoms with Crippen LogP contribution in [0.4, 0.5) is 32.3 Å². The molecule has 52 heavy (non-hydrogen) atoms. The first-order valence-electron chi connectivity index (χ1n) is 17.9. The highest BCUT2D eigenvalue weighted by atomic mass is 19.4. The summed E-state index contributed by atoms with van der Waals surface area (Å²) in [6, 6.07) is 0.808. The molecule has 284 valence electrons. The van der Waals surface area contributed by atoms with E-state index in [1.54, 1.807) is 41.4 Å². The van der Waals surface area contributed by atoms with Crippen LogP contribution in [-0.4, -0.2) is 61.8 Å². The Balaban J connectivity index is 1.47. The summed E-state index contributed by atoms with van der Waals surface area (Å²) in [6.45, 7) is 3.69. The second-order valence-electron chi connectivity index (χ2n) is 14.1. The van der Waals surface area contributed by atoms with Crippen molar-refractivity contribution in [2.75, 3.05) is 12.0 Å². The molecule has 1 saturated carbocycles. The third kappa shape index (κ3) is 9.24. The van der Waals surface area contributed by atoms with Crippen LogP contribution in [0.3, 0.4) is 0 Å². The fourth-order valence-corrected chi connectivity index (χ4v) is 7.82. The van der Waals surface area contributed by atoms with Gasteiger partial charge in [0.1, 0.15) is 0 Å². The third-order valence-electron chi connectivity index (χ3n) is 10.5. The van der Waals surface area contributed by atoms with E-state index in [1.807, 2.05) is 18.7 Å². The summed E-state index contributed by atoms with van der Waals surface area (Å²) in [4.78, 5) is 38.9. The molecule has 9 nitrogen and oxygen atoms in total. The van der Waals surface area contributed by atoms with E-state index >= 15 is 0 Å². The second kappa shape index (κ2) is 16.2. The van der Waals surface area contributed by atoms with Crippen LogP contribution in [0.5, 0.6) is 0 Å². The number of esters is 1. The van der Waals surface area contributed by atoms with Crippen molar-refractivity contribution in [1.29, 1.82) is 0 Å². The molecule has 1 aromatic carbocycles. The van der Waals surface area contributed by atoms with Gasteiger partial charge in [0.15, 0.2) is 0 Å². The van der Waals surface area contributed by atoms with Crippen LogP contribution < -0.4 is 4.90 Å². The molecule has 5 rings (SSSR count). The maximum Gasteiger partial charge on any atom is 0.416 e. The lowest BCUT2D eigenvalue weighted by Gasteiger charge is -2.49. The average molecular weight is 737 g/mol. The van der Waals surface area contributed by atoms with Gasteiger partial charge in [-0.2, -0.15) is 31.4 Å². The highest BCUT2D eigenvalue weighted by molar-refractivity contribution is 5.80. The number of aromatic nitrogens is 4. The van der Waals surface area contributed by atoms with Crippen LogP contribution >= 0.6 is 0 Å². The van der Waals surface area contributed by atoms with Crippen molar-refractivity contribution in [3.63, 3.8) is 0 Å². The van der Waals surface area contributed by atoms with Crippen molar-refractivity contribution >= 4 is 17.8 Å². The van der Waals surface area contributed by atoms with Crippen LogP contribution in [0.15, 0.2) is 43.0 Å². The predicted molar refractivity (Wildman–Crippen MR) is 182 cm³/mol. The van der Waals surface area contributed by atoms with Crippen LogP contribution in [0, 0.1) is 11.8 Å². The molecule has 3 heterocycles. The molecule has 3 atom stereocenters. The Morgan fingerprint density at radius 2 is 1.50 bits per heavy atom. The molecule has 2 fully saturated rings. The van der Waals surface area contributed by atoms with Gasteiger partial charge < -0.3 is 14.5 Å². The van der Waals surface area contributed by atoms with Crippen molar-refractivity contribution in [1.82, 2.24) is 24.6 Å². The van der Waals surface area contributed by atoms with Gasteiger partial charge in [0.25, 0.3) is 0 Å². The van der Waals surface area contributed by atoms with E-state index in [9.17, 15) is 35.9 Å². The smallest absolute Gasteiger partial charge is 0.416 e. The molecule has 0 unspecified atom stereocenters. The lowest BCUT2D eigenvalue weighted by atomic mass is 9.78. The Morgan fingerprint density at radius 1 is 0.885 bits per heavy atom. The number of benzene rings is 1. The number of carbonyl (C=O) groups excluding carboxylic acids is 2. The molecule has 15 heteroatoms. The van der Waals surface area contributed by atoms with Gasteiger partial charge in [0.05, 0.1) is 24.4 Å². The van der Waals surface area contributed by atoms with E-state index in [0.29, 0.717) is 50.5 Å². The Morgan fingerprint density at radius 3 is 2.02 bits per heavy atom. The number of methoxy groups -OCH3 is 1. The first kappa shape index (κ1) is 39.0. The summed E-state index contributed by atoms with van der Waals surface area (Å²) >= 11 is 0. The number of likely N-dealkylation sites (tertiary alicyclic amines) is 1. The summed E-state index contributed by atoms with van der Waals surface area (Å²) in [5.41, 5.74) is -1.56. The highest BCUT2D eigenvalue weighted by Crippen LogP contribution is 2.40. The minimum absolute atomic E-state index is 0.0663. The van der Waals surface area contributed by atoms with Gasteiger partial charge in [-0.05, 0) is 81.0 Å². The minimum Gasteiger partial charge on any atom is -0.469 e. The van der Waals surface area contributed by atoms with E-state index in [4.69, 9.17) is 4.74 Å². The zero-order valence-corrected chi connectivity index (χ0v) is 29.9. The standard InChI is InChI=1S/C37H46F6N6O3/c1-5-7-31-17-32(16-30(6-2)49(31)34(51)25-10-8-23(9-11-25)14-33(50)52-4)48(35-44-18-26(19-45-35)27-20-46-47(3)22-27)21-24-12-28(36(38,39)40)15-29(13-24)37(41,42)43/h12-13,15,18-20,22-23,25,30-32H,5-11,14,16-17,21H2,1-4H3/t23?,25?,30-,31+,32+/m1/s1. The third-order valence-corrected chi connectivity index (χ3v) is 10.5. The molecule has 1 aliphatic carbocycles. The molecule has 1 aliphatic heterocycles. The summed E-state index contributed by atoms with van der Waals surface area (Å²) < 4.78 is 89.8. The zero-order valence-electron chi connectivity index (χ0n) is 29.9. The first-order chi connectivity index (χ1) is 24.6. The molecule has 3 aromatic rings. The predicted octanol–water partition coefficient (Wildman–Crippen LogP) is 8.23. The highest BCUT2D eigenvalue weighted by Gasteiger charge is 2.43.